The summed E-state index contributed by atoms with van der Waals surface area (Å²) in [6, 6.07) is 6.72. The summed E-state index contributed by atoms with van der Waals surface area (Å²) >= 11 is 5.66. The lowest BCUT2D eigenvalue weighted by molar-refractivity contribution is -0.113. The predicted molar refractivity (Wildman–Crippen MR) is 201 cm³/mol. The number of hydrogen-bond donors (Lipinski definition) is 3. The number of alkyl halides is 1. The number of ketones is 1. The first-order chi connectivity index (χ1) is 22.9. The molecule has 1 aliphatic heterocycles. The standard InChI is InChI=1S/C17H18O4.C10H8O4.C7H12O.C6H9Cl/c1-8-6-13(19)20-12-7-11(18)15-9(2)10(3)17(4,5)21-16(15)14(8)12;1-5-2-9(13)14-8-4-6(11)3-7(12)10(5)8;1-5(2)6(3)7(4)8;1-4-5-6(2,3)7/h6-7,18H,1-5H3;2-4,11-12H,1H3;1-4H3;1-3H3. The smallest absolute Gasteiger partial charge is 0.336 e. The fourth-order valence-electron chi connectivity index (χ4n) is 5.00. The van der Waals surface area contributed by atoms with Crippen LogP contribution in [0.4, 0.5) is 0 Å². The van der Waals surface area contributed by atoms with Crippen molar-refractivity contribution in [1.82, 2.24) is 0 Å². The van der Waals surface area contributed by atoms with Gasteiger partial charge < -0.3 is 28.9 Å². The molecular formula is C40H47ClO9. The Morgan fingerprint density at radius 1 is 0.800 bits per heavy atom. The molecular weight excluding hydrogens is 660 g/mol. The molecule has 0 saturated carbocycles. The van der Waals surface area contributed by atoms with Crippen molar-refractivity contribution in [3.63, 3.8) is 0 Å². The molecule has 0 fully saturated rings. The molecule has 3 N–H and O–H groups in total. The van der Waals surface area contributed by atoms with Gasteiger partial charge in [0.25, 0.3) is 0 Å². The van der Waals surface area contributed by atoms with Crippen LogP contribution < -0.4 is 16.0 Å². The zero-order valence-electron chi connectivity index (χ0n) is 31.1. The Hall–Kier alpha value is -4.94. The van der Waals surface area contributed by atoms with Crippen LogP contribution in [-0.2, 0) is 4.79 Å². The van der Waals surface area contributed by atoms with Gasteiger partial charge in [0.05, 0.1) is 21.2 Å². The van der Waals surface area contributed by atoms with Crippen molar-refractivity contribution in [1.29, 1.82) is 0 Å². The van der Waals surface area contributed by atoms with E-state index < -0.39 is 16.9 Å². The van der Waals surface area contributed by atoms with Crippen LogP contribution in [0.1, 0.15) is 92.9 Å². The summed E-state index contributed by atoms with van der Waals surface area (Å²) in [5.41, 5.74) is 5.25. The normalized spacial score (nSPS) is 12.8. The van der Waals surface area contributed by atoms with Crippen LogP contribution in [0.2, 0.25) is 0 Å². The van der Waals surface area contributed by atoms with E-state index in [-0.39, 0.29) is 33.5 Å². The maximum atomic E-state index is 11.5. The number of ether oxygens (including phenoxy) is 1. The van der Waals surface area contributed by atoms with Gasteiger partial charge in [-0.05, 0) is 118 Å². The first kappa shape index (κ1) is 41.2. The Bertz CT molecular complexity index is 2170. The number of hydrogen-bond acceptors (Lipinski definition) is 9. The summed E-state index contributed by atoms with van der Waals surface area (Å²) in [7, 11) is 0. The summed E-state index contributed by atoms with van der Waals surface area (Å²) in [5, 5.41) is 30.2. The second-order valence-electron chi connectivity index (χ2n) is 13.2. The monoisotopic (exact) mass is 706 g/mol. The molecule has 0 saturated heterocycles. The topological polar surface area (TPSA) is 147 Å². The van der Waals surface area contributed by atoms with Crippen LogP contribution in [0.25, 0.3) is 27.5 Å². The molecule has 5 rings (SSSR count). The lowest BCUT2D eigenvalue weighted by Gasteiger charge is -2.35. The van der Waals surface area contributed by atoms with E-state index in [2.05, 4.69) is 11.8 Å². The number of halogens is 1. The molecule has 4 aromatic rings. The van der Waals surface area contributed by atoms with Crippen LogP contribution in [-0.4, -0.2) is 31.6 Å². The highest BCUT2D eigenvalue weighted by Crippen LogP contribution is 2.48. The van der Waals surface area contributed by atoms with Crippen molar-refractivity contribution in [2.24, 2.45) is 0 Å². The Kier molecular flexibility index (Phi) is 13.3. The maximum Gasteiger partial charge on any atom is 0.336 e. The number of benzene rings is 2. The minimum absolute atomic E-state index is 0.0681. The van der Waals surface area contributed by atoms with Gasteiger partial charge in [0, 0.05) is 30.3 Å². The number of Topliss-reactive ketones (excluding diaryl/α,β-unsaturated/α-hetero) is 1. The lowest BCUT2D eigenvalue weighted by atomic mass is 9.86. The van der Waals surface area contributed by atoms with Crippen LogP contribution >= 0.6 is 11.6 Å². The van der Waals surface area contributed by atoms with Crippen LogP contribution in [0, 0.1) is 25.7 Å². The van der Waals surface area contributed by atoms with Gasteiger partial charge >= 0.3 is 11.3 Å². The molecule has 50 heavy (non-hydrogen) atoms. The van der Waals surface area contributed by atoms with Crippen molar-refractivity contribution in [3.05, 3.63) is 84.6 Å². The van der Waals surface area contributed by atoms with E-state index in [1.807, 2.05) is 69.2 Å². The molecule has 10 heteroatoms. The van der Waals surface area contributed by atoms with Gasteiger partial charge in [0.2, 0.25) is 0 Å². The van der Waals surface area contributed by atoms with Crippen LogP contribution in [0.15, 0.2) is 65.5 Å². The van der Waals surface area contributed by atoms with E-state index in [1.165, 1.54) is 30.3 Å². The zero-order valence-corrected chi connectivity index (χ0v) is 31.8. The number of phenols is 3. The van der Waals surface area contributed by atoms with Crippen molar-refractivity contribution in [3.8, 4) is 34.8 Å². The molecule has 0 atom stereocenters. The summed E-state index contributed by atoms with van der Waals surface area (Å²) in [4.78, 5) is 32.7. The fourth-order valence-corrected chi connectivity index (χ4v) is 5.09. The summed E-state index contributed by atoms with van der Waals surface area (Å²) < 4.78 is 16.2. The highest BCUT2D eigenvalue weighted by atomic mass is 35.5. The number of aromatic hydroxyl groups is 3. The zero-order chi connectivity index (χ0) is 38.5. The largest absolute Gasteiger partial charge is 0.508 e. The van der Waals surface area contributed by atoms with E-state index in [0.717, 1.165) is 33.2 Å². The van der Waals surface area contributed by atoms with Crippen molar-refractivity contribution in [2.45, 2.75) is 100 Å². The van der Waals surface area contributed by atoms with Crippen LogP contribution in [0.5, 0.6) is 23.0 Å². The maximum absolute atomic E-state index is 11.5. The van der Waals surface area contributed by atoms with E-state index in [9.17, 15) is 29.7 Å². The van der Waals surface area contributed by atoms with Gasteiger partial charge in [-0.1, -0.05) is 11.5 Å². The van der Waals surface area contributed by atoms with Gasteiger partial charge in [0.15, 0.2) is 5.78 Å². The summed E-state index contributed by atoms with van der Waals surface area (Å²) in [6.07, 6.45) is 0. The van der Waals surface area contributed by atoms with Crippen molar-refractivity contribution >= 4 is 44.9 Å². The number of rotatable bonds is 1. The molecule has 268 valence electrons. The Labute approximate surface area is 297 Å². The predicted octanol–water partition coefficient (Wildman–Crippen LogP) is 9.24. The molecule has 0 unspecified atom stereocenters. The SMILES string of the molecule is CC#CC(C)(C)Cl.CC(=O)C(C)=C(C)C.CC1=C(C)C(C)(C)Oc2c1c(O)cc1oc(=O)cc(C)c21.Cc1cc(=O)oc2cc(O)cc(O)c12. The van der Waals surface area contributed by atoms with Gasteiger partial charge in [-0.15, -0.1) is 17.5 Å². The third-order valence-corrected chi connectivity index (χ3v) is 8.16. The van der Waals surface area contributed by atoms with Gasteiger partial charge in [0.1, 0.15) is 39.8 Å². The van der Waals surface area contributed by atoms with Gasteiger partial charge in [-0.3, -0.25) is 4.79 Å². The molecule has 1 aliphatic rings. The minimum Gasteiger partial charge on any atom is -0.508 e. The van der Waals surface area contributed by atoms with Crippen molar-refractivity contribution in [2.75, 3.05) is 0 Å². The first-order valence-corrected chi connectivity index (χ1v) is 16.2. The molecule has 0 spiro atoms. The number of aryl methyl sites for hydroxylation is 2. The molecule has 3 heterocycles. The quantitative estimate of drug-likeness (QED) is 0.0762. The van der Waals surface area contributed by atoms with E-state index in [0.29, 0.717) is 27.8 Å². The average Bonchev–Trinajstić information content (AvgIpc) is 2.94. The highest BCUT2D eigenvalue weighted by molar-refractivity contribution is 6.25. The second kappa shape index (κ2) is 16.2. The number of carbonyl (C=O) groups is 1. The summed E-state index contributed by atoms with van der Waals surface area (Å²) in [6.45, 7) is 24.3. The van der Waals surface area contributed by atoms with Gasteiger partial charge in [-0.2, -0.15) is 0 Å². The molecule has 0 bridgehead atoms. The molecule has 2 aromatic heterocycles. The molecule has 0 amide bonds. The minimum atomic E-state index is -0.500. The third kappa shape index (κ3) is 10.3. The molecule has 0 aliphatic carbocycles. The Morgan fingerprint density at radius 2 is 1.30 bits per heavy atom. The Balaban J connectivity index is 0.000000258. The number of allylic oxidation sites excluding steroid dienone is 3. The fraction of sp³-hybridized carbons (Fsp3) is 0.375. The average molecular weight is 707 g/mol. The third-order valence-electron chi connectivity index (χ3n) is 8.07. The molecule has 2 aromatic carbocycles. The van der Waals surface area contributed by atoms with E-state index >= 15 is 0 Å². The highest BCUT2D eigenvalue weighted by Gasteiger charge is 2.34. The lowest BCUT2D eigenvalue weighted by Crippen LogP contribution is -2.33. The van der Waals surface area contributed by atoms with Crippen LogP contribution in [0.3, 0.4) is 0 Å². The van der Waals surface area contributed by atoms with Crippen molar-refractivity contribution < 1.29 is 33.7 Å². The van der Waals surface area contributed by atoms with E-state index in [4.69, 9.17) is 25.2 Å². The van der Waals surface area contributed by atoms with E-state index in [1.54, 1.807) is 20.8 Å². The van der Waals surface area contributed by atoms with Gasteiger partial charge in [-0.25, -0.2) is 9.59 Å². The first-order valence-electron chi connectivity index (χ1n) is 15.8. The summed E-state index contributed by atoms with van der Waals surface area (Å²) in [5.74, 6) is 6.12. The second-order valence-corrected chi connectivity index (χ2v) is 14.1. The number of phenolic OH excluding ortho intramolecular Hbond substituents is 3. The molecule has 9 nitrogen and oxygen atoms in total. The Morgan fingerprint density at radius 3 is 1.72 bits per heavy atom. The number of fused-ring (bicyclic) bond motifs is 4. The molecule has 0 radical (unpaired) electrons. The number of carbonyl (C=O) groups excluding carboxylic acids is 1.